The largest absolute Gasteiger partial charge is 0.435 e. The lowest BCUT2D eigenvalue weighted by Crippen LogP contribution is -2.40. The van der Waals surface area contributed by atoms with E-state index in [1.165, 1.54) is 32.0 Å². The SMILES string of the molecule is C1=c2ccccc2=C2c3c(ccc4c3=CCCC=4)OP(N3CCOCC3)O[C@@H]2C1.CC.CC. The van der Waals surface area contributed by atoms with Crippen LogP contribution in [0.15, 0.2) is 36.4 Å². The Balaban J connectivity index is 0.000000617. The number of hydrogen-bond donors (Lipinski definition) is 0. The third-order valence-corrected chi connectivity index (χ3v) is 7.78. The van der Waals surface area contributed by atoms with E-state index in [1.807, 2.05) is 27.7 Å². The van der Waals surface area contributed by atoms with Crippen LogP contribution < -0.4 is 25.4 Å². The monoisotopic (exact) mass is 465 g/mol. The standard InChI is InChI=1S/C24H24NO3P.2C2H6/c1-3-7-19-17(5-1)9-11-21-23(19)24-20-8-4-2-6-18(20)10-12-22(24)28-29(27-21)25-13-15-26-16-14-25;2*1-2/h1,3,5-10,12,21H,2,4,11,13-16H2;2*1-2H3/t21-,29?;;/m1../s1. The van der Waals surface area contributed by atoms with Crippen molar-refractivity contribution >= 4 is 32.3 Å². The molecule has 2 aliphatic carbocycles. The topological polar surface area (TPSA) is 30.9 Å². The van der Waals surface area contributed by atoms with Crippen LogP contribution in [-0.4, -0.2) is 37.1 Å². The third kappa shape index (κ3) is 4.81. The van der Waals surface area contributed by atoms with Gasteiger partial charge in [0, 0.05) is 24.2 Å². The summed E-state index contributed by atoms with van der Waals surface area (Å²) < 4.78 is 21.2. The average molecular weight is 466 g/mol. The van der Waals surface area contributed by atoms with Crippen LogP contribution in [0.2, 0.25) is 0 Å². The van der Waals surface area contributed by atoms with Crippen molar-refractivity contribution in [2.24, 2.45) is 0 Å². The number of morpholine rings is 1. The minimum absolute atomic E-state index is 0.0157. The van der Waals surface area contributed by atoms with E-state index in [4.69, 9.17) is 13.8 Å². The number of nitrogens with zero attached hydrogens (tertiary/aromatic N) is 1. The number of benzene rings is 2. The van der Waals surface area contributed by atoms with Crippen LogP contribution in [0.25, 0.3) is 23.8 Å². The molecule has 2 heterocycles. The molecule has 0 radical (unpaired) electrons. The molecule has 0 amide bonds. The summed E-state index contributed by atoms with van der Waals surface area (Å²) in [5.74, 6) is 0.960. The van der Waals surface area contributed by atoms with Crippen molar-refractivity contribution in [3.8, 4) is 5.75 Å². The lowest BCUT2D eigenvalue weighted by atomic mass is 9.88. The molecular weight excluding hydrogens is 429 g/mol. The lowest BCUT2D eigenvalue weighted by molar-refractivity contribution is 0.0636. The third-order valence-electron chi connectivity index (χ3n) is 6.13. The van der Waals surface area contributed by atoms with E-state index in [-0.39, 0.29) is 6.10 Å². The Bertz CT molecular complexity index is 1200. The van der Waals surface area contributed by atoms with Gasteiger partial charge in [-0.05, 0) is 46.2 Å². The van der Waals surface area contributed by atoms with E-state index < -0.39 is 8.53 Å². The molecule has 4 aliphatic rings. The Morgan fingerprint density at radius 1 is 0.848 bits per heavy atom. The summed E-state index contributed by atoms with van der Waals surface area (Å²) in [7, 11) is -1.16. The quantitative estimate of drug-likeness (QED) is 0.600. The van der Waals surface area contributed by atoms with E-state index in [1.54, 1.807) is 0 Å². The maximum Gasteiger partial charge on any atom is 0.321 e. The van der Waals surface area contributed by atoms with Gasteiger partial charge in [0.2, 0.25) is 0 Å². The summed E-state index contributed by atoms with van der Waals surface area (Å²) in [5.41, 5.74) is 2.53. The molecule has 6 rings (SSSR count). The second-order valence-corrected chi connectivity index (χ2v) is 9.29. The molecule has 5 heteroatoms. The van der Waals surface area contributed by atoms with Crippen LogP contribution in [0.1, 0.15) is 52.5 Å². The summed E-state index contributed by atoms with van der Waals surface area (Å²) in [4.78, 5) is 0. The second kappa shape index (κ2) is 11.4. The van der Waals surface area contributed by atoms with E-state index >= 15 is 0 Å². The Kier molecular flexibility index (Phi) is 8.38. The average Bonchev–Trinajstić information content (AvgIpc) is 3.09. The fourth-order valence-electron chi connectivity index (χ4n) is 4.73. The maximum absolute atomic E-state index is 6.71. The number of ether oxygens (including phenoxy) is 1. The van der Waals surface area contributed by atoms with Gasteiger partial charge in [0.05, 0.1) is 19.3 Å². The minimum atomic E-state index is -1.16. The Morgan fingerprint density at radius 2 is 1.61 bits per heavy atom. The highest BCUT2D eigenvalue weighted by Crippen LogP contribution is 2.50. The fourth-order valence-corrected chi connectivity index (χ4v) is 6.24. The molecule has 1 unspecified atom stereocenters. The van der Waals surface area contributed by atoms with Crippen molar-refractivity contribution < 1.29 is 13.8 Å². The molecule has 2 aliphatic heterocycles. The molecule has 0 spiro atoms. The molecule has 176 valence electrons. The first-order valence-corrected chi connectivity index (χ1v) is 13.6. The maximum atomic E-state index is 6.71. The number of hydrogen-bond acceptors (Lipinski definition) is 4. The summed E-state index contributed by atoms with van der Waals surface area (Å²) in [6.07, 6.45) is 10.1. The lowest BCUT2D eigenvalue weighted by Gasteiger charge is -2.32. The molecule has 33 heavy (non-hydrogen) atoms. The van der Waals surface area contributed by atoms with Crippen molar-refractivity contribution in [2.45, 2.75) is 53.1 Å². The minimum Gasteiger partial charge on any atom is -0.435 e. The zero-order chi connectivity index (χ0) is 23.2. The first-order chi connectivity index (χ1) is 16.4. The zero-order valence-electron chi connectivity index (χ0n) is 20.3. The van der Waals surface area contributed by atoms with Gasteiger partial charge in [0.15, 0.2) is 0 Å². The van der Waals surface area contributed by atoms with Gasteiger partial charge in [-0.3, -0.25) is 0 Å². The van der Waals surface area contributed by atoms with Crippen LogP contribution in [0.5, 0.6) is 5.75 Å². The predicted octanol–water partition coefficient (Wildman–Crippen LogP) is 3.81. The van der Waals surface area contributed by atoms with Gasteiger partial charge in [0.1, 0.15) is 5.75 Å². The molecule has 0 bridgehead atoms. The summed E-state index contributed by atoms with van der Waals surface area (Å²) in [6.45, 7) is 11.2. The van der Waals surface area contributed by atoms with Crippen LogP contribution in [0, 0.1) is 0 Å². The van der Waals surface area contributed by atoms with E-state index in [9.17, 15) is 0 Å². The van der Waals surface area contributed by atoms with E-state index in [0.717, 1.165) is 51.3 Å². The van der Waals surface area contributed by atoms with E-state index in [2.05, 4.69) is 59.3 Å². The molecule has 2 atom stereocenters. The smallest absolute Gasteiger partial charge is 0.321 e. The van der Waals surface area contributed by atoms with Crippen molar-refractivity contribution in [1.82, 2.24) is 4.67 Å². The molecule has 0 saturated carbocycles. The van der Waals surface area contributed by atoms with Crippen LogP contribution in [0.4, 0.5) is 0 Å². The Hall–Kier alpha value is -1.97. The number of rotatable bonds is 1. The first kappa shape index (κ1) is 24.2. The number of fused-ring (bicyclic) bond motifs is 6. The Labute approximate surface area is 198 Å². The van der Waals surface area contributed by atoms with Crippen molar-refractivity contribution in [2.75, 3.05) is 26.3 Å². The van der Waals surface area contributed by atoms with Crippen molar-refractivity contribution in [1.29, 1.82) is 0 Å². The van der Waals surface area contributed by atoms with Crippen molar-refractivity contribution in [3.05, 3.63) is 62.8 Å². The van der Waals surface area contributed by atoms with Gasteiger partial charge < -0.3 is 13.8 Å². The fraction of sp³-hybridized carbons (Fsp3) is 0.429. The summed E-state index contributed by atoms with van der Waals surface area (Å²) >= 11 is 0. The van der Waals surface area contributed by atoms with Gasteiger partial charge in [-0.2, -0.15) is 0 Å². The van der Waals surface area contributed by atoms with Gasteiger partial charge in [0.25, 0.3) is 0 Å². The predicted molar refractivity (Wildman–Crippen MR) is 139 cm³/mol. The zero-order valence-corrected chi connectivity index (χ0v) is 21.2. The highest BCUT2D eigenvalue weighted by atomic mass is 31.2. The van der Waals surface area contributed by atoms with E-state index in [0.29, 0.717) is 0 Å². The van der Waals surface area contributed by atoms with Crippen molar-refractivity contribution in [3.63, 3.8) is 0 Å². The van der Waals surface area contributed by atoms with Gasteiger partial charge >= 0.3 is 8.53 Å². The normalized spacial score (nSPS) is 22.8. The van der Waals surface area contributed by atoms with Gasteiger partial charge in [-0.25, -0.2) is 4.67 Å². The highest BCUT2D eigenvalue weighted by Gasteiger charge is 2.36. The first-order valence-electron chi connectivity index (χ1n) is 12.5. The molecule has 4 nitrogen and oxygen atoms in total. The summed E-state index contributed by atoms with van der Waals surface area (Å²) in [5, 5.41) is 5.20. The van der Waals surface area contributed by atoms with Gasteiger partial charge in [-0.15, -0.1) is 0 Å². The van der Waals surface area contributed by atoms with Gasteiger partial charge in [-0.1, -0.05) is 76.3 Å². The summed E-state index contributed by atoms with van der Waals surface area (Å²) in [6, 6.07) is 13.0. The van der Waals surface area contributed by atoms with Crippen LogP contribution in [-0.2, 0) is 9.26 Å². The molecule has 0 N–H and O–H groups in total. The molecule has 2 aromatic carbocycles. The van der Waals surface area contributed by atoms with Crippen LogP contribution in [0.3, 0.4) is 0 Å². The molecular formula is C28H36NO3P. The molecule has 0 aromatic heterocycles. The Morgan fingerprint density at radius 3 is 2.42 bits per heavy atom. The second-order valence-electron chi connectivity index (χ2n) is 7.86. The highest BCUT2D eigenvalue weighted by molar-refractivity contribution is 7.45. The molecule has 1 saturated heterocycles. The van der Waals surface area contributed by atoms with Crippen LogP contribution >= 0.6 is 8.53 Å². The molecule has 2 aromatic rings. The molecule has 1 fully saturated rings.